The van der Waals surface area contributed by atoms with Gasteiger partial charge in [-0.25, -0.2) is 8.42 Å². The Balaban J connectivity index is 1.69. The van der Waals surface area contributed by atoms with Crippen LogP contribution in [0.1, 0.15) is 36.3 Å². The van der Waals surface area contributed by atoms with E-state index in [2.05, 4.69) is 10.2 Å². The zero-order chi connectivity index (χ0) is 18.9. The summed E-state index contributed by atoms with van der Waals surface area (Å²) in [5, 5.41) is 7.81. The molecule has 1 aromatic heterocycles. The molecule has 2 aromatic rings. The lowest BCUT2D eigenvalue weighted by atomic mass is 10.2. The summed E-state index contributed by atoms with van der Waals surface area (Å²) in [5.74, 6) is -0.0368. The number of rotatable bonds is 4. The molecule has 1 aliphatic rings. The maximum atomic E-state index is 12.7. The van der Waals surface area contributed by atoms with E-state index in [1.54, 1.807) is 12.1 Å². The van der Waals surface area contributed by atoms with Crippen LogP contribution in [0.25, 0.3) is 0 Å². The van der Waals surface area contributed by atoms with Gasteiger partial charge in [0.25, 0.3) is 0 Å². The van der Waals surface area contributed by atoms with E-state index in [4.69, 9.17) is 16.0 Å². The van der Waals surface area contributed by atoms with Gasteiger partial charge in [-0.15, -0.1) is 10.2 Å². The minimum atomic E-state index is -3.70. The van der Waals surface area contributed by atoms with Crippen LogP contribution in [-0.4, -0.2) is 59.9 Å². The molecule has 1 aliphatic heterocycles. The molecule has 1 saturated heterocycles. The molecule has 1 aromatic carbocycles. The summed E-state index contributed by atoms with van der Waals surface area (Å²) in [6, 6.07) is 6.31. The first-order valence-electron chi connectivity index (χ1n) is 8.18. The normalized spacial score (nSPS) is 16.2. The van der Waals surface area contributed by atoms with E-state index in [0.29, 0.717) is 5.89 Å². The van der Waals surface area contributed by atoms with Crippen LogP contribution in [-0.2, 0) is 10.0 Å². The predicted octanol–water partition coefficient (Wildman–Crippen LogP) is 1.99. The van der Waals surface area contributed by atoms with E-state index >= 15 is 0 Å². The number of sulfonamides is 1. The summed E-state index contributed by atoms with van der Waals surface area (Å²) in [7, 11) is -3.70. The fraction of sp³-hybridized carbons (Fsp3) is 0.438. The molecule has 0 N–H and O–H groups in total. The minimum absolute atomic E-state index is 0.0293. The smallest absolute Gasteiger partial charge is 0.311 e. The topological polar surface area (TPSA) is 96.6 Å². The van der Waals surface area contributed by atoms with E-state index in [1.165, 1.54) is 21.3 Å². The SMILES string of the molecule is CC(C)c1nnc(C(=O)N2CCN(S(=O)(=O)c3ccccc3Cl)CC2)o1. The Bertz CT molecular complexity index is 904. The van der Waals surface area contributed by atoms with Gasteiger partial charge >= 0.3 is 11.8 Å². The lowest BCUT2D eigenvalue weighted by Crippen LogP contribution is -2.50. The van der Waals surface area contributed by atoms with Gasteiger partial charge in [-0.2, -0.15) is 4.31 Å². The fourth-order valence-electron chi connectivity index (χ4n) is 2.61. The average Bonchev–Trinajstić information content (AvgIpc) is 3.12. The quantitative estimate of drug-likeness (QED) is 0.781. The number of halogens is 1. The third-order valence-electron chi connectivity index (χ3n) is 4.10. The number of benzene rings is 1. The Morgan fingerprint density at radius 1 is 1.15 bits per heavy atom. The van der Waals surface area contributed by atoms with E-state index in [1.807, 2.05) is 13.8 Å². The summed E-state index contributed by atoms with van der Waals surface area (Å²) in [4.78, 5) is 14.0. The summed E-state index contributed by atoms with van der Waals surface area (Å²) >= 11 is 6.02. The van der Waals surface area contributed by atoms with Gasteiger partial charge in [0.1, 0.15) is 4.90 Å². The van der Waals surface area contributed by atoms with Crippen LogP contribution in [0.15, 0.2) is 33.6 Å². The average molecular weight is 399 g/mol. The van der Waals surface area contributed by atoms with Gasteiger partial charge in [0.2, 0.25) is 15.9 Å². The first kappa shape index (κ1) is 18.8. The number of hydrogen-bond donors (Lipinski definition) is 0. The van der Waals surface area contributed by atoms with Crippen LogP contribution in [0, 0.1) is 0 Å². The molecule has 3 rings (SSSR count). The zero-order valence-electron chi connectivity index (χ0n) is 14.4. The Morgan fingerprint density at radius 3 is 2.38 bits per heavy atom. The van der Waals surface area contributed by atoms with Gasteiger partial charge in [-0.3, -0.25) is 4.79 Å². The zero-order valence-corrected chi connectivity index (χ0v) is 16.0. The minimum Gasteiger partial charge on any atom is -0.417 e. The van der Waals surface area contributed by atoms with Crippen molar-refractivity contribution in [1.82, 2.24) is 19.4 Å². The molecule has 26 heavy (non-hydrogen) atoms. The molecular formula is C16H19ClN4O4S. The highest BCUT2D eigenvalue weighted by Gasteiger charge is 2.33. The van der Waals surface area contributed by atoms with Crippen molar-refractivity contribution in [3.05, 3.63) is 41.1 Å². The van der Waals surface area contributed by atoms with Crippen molar-refractivity contribution in [3.8, 4) is 0 Å². The van der Waals surface area contributed by atoms with Crippen LogP contribution >= 0.6 is 11.6 Å². The van der Waals surface area contributed by atoms with Crippen LogP contribution in [0.4, 0.5) is 0 Å². The molecular weight excluding hydrogens is 380 g/mol. The van der Waals surface area contributed by atoms with Gasteiger partial charge in [-0.1, -0.05) is 37.6 Å². The maximum Gasteiger partial charge on any atom is 0.311 e. The molecule has 1 amide bonds. The summed E-state index contributed by atoms with van der Waals surface area (Å²) in [6.45, 7) is 4.60. The second kappa shape index (κ2) is 7.34. The Hall–Kier alpha value is -1.97. The van der Waals surface area contributed by atoms with Gasteiger partial charge in [0.05, 0.1) is 5.02 Å². The molecule has 0 bridgehead atoms. The molecule has 140 valence electrons. The van der Waals surface area contributed by atoms with Crippen molar-refractivity contribution in [2.75, 3.05) is 26.2 Å². The highest BCUT2D eigenvalue weighted by Crippen LogP contribution is 2.25. The van der Waals surface area contributed by atoms with Crippen molar-refractivity contribution < 1.29 is 17.6 Å². The standard InChI is InChI=1S/C16H19ClN4O4S/c1-11(2)14-18-19-15(25-14)16(22)20-7-9-21(10-8-20)26(23,24)13-6-4-3-5-12(13)17/h3-6,11H,7-10H2,1-2H3. The van der Waals surface area contributed by atoms with Gasteiger partial charge in [0, 0.05) is 32.1 Å². The molecule has 0 unspecified atom stereocenters. The molecule has 1 fully saturated rings. The first-order valence-corrected chi connectivity index (χ1v) is 10.00. The molecule has 2 heterocycles. The summed E-state index contributed by atoms with van der Waals surface area (Å²) in [6.07, 6.45) is 0. The predicted molar refractivity (Wildman–Crippen MR) is 94.5 cm³/mol. The largest absolute Gasteiger partial charge is 0.417 e. The van der Waals surface area contributed by atoms with Gasteiger partial charge < -0.3 is 9.32 Å². The van der Waals surface area contributed by atoms with Gasteiger partial charge in [-0.05, 0) is 12.1 Å². The molecule has 0 spiro atoms. The second-order valence-corrected chi connectivity index (χ2v) is 8.54. The number of carbonyl (C=O) groups excluding carboxylic acids is 1. The van der Waals surface area contributed by atoms with Gasteiger partial charge in [0.15, 0.2) is 0 Å². The van der Waals surface area contributed by atoms with Crippen LogP contribution < -0.4 is 0 Å². The second-order valence-electron chi connectivity index (χ2n) is 6.23. The van der Waals surface area contributed by atoms with Crippen molar-refractivity contribution in [3.63, 3.8) is 0 Å². The van der Waals surface area contributed by atoms with Crippen molar-refractivity contribution >= 4 is 27.5 Å². The number of amides is 1. The third-order valence-corrected chi connectivity index (χ3v) is 6.50. The Morgan fingerprint density at radius 2 is 1.81 bits per heavy atom. The third kappa shape index (κ3) is 3.60. The number of carbonyl (C=O) groups is 1. The number of nitrogens with zero attached hydrogens (tertiary/aromatic N) is 4. The van der Waals surface area contributed by atoms with E-state index in [-0.39, 0.29) is 53.8 Å². The van der Waals surface area contributed by atoms with Crippen molar-refractivity contribution in [2.24, 2.45) is 0 Å². The van der Waals surface area contributed by atoms with E-state index < -0.39 is 10.0 Å². The highest BCUT2D eigenvalue weighted by molar-refractivity contribution is 7.89. The molecule has 0 aliphatic carbocycles. The van der Waals surface area contributed by atoms with Crippen molar-refractivity contribution in [1.29, 1.82) is 0 Å². The maximum absolute atomic E-state index is 12.7. The van der Waals surface area contributed by atoms with E-state index in [0.717, 1.165) is 0 Å². The lowest BCUT2D eigenvalue weighted by Gasteiger charge is -2.33. The van der Waals surface area contributed by atoms with E-state index in [9.17, 15) is 13.2 Å². The molecule has 0 atom stereocenters. The van der Waals surface area contributed by atoms with Crippen molar-refractivity contribution in [2.45, 2.75) is 24.7 Å². The first-order chi connectivity index (χ1) is 12.3. The lowest BCUT2D eigenvalue weighted by molar-refractivity contribution is 0.0655. The summed E-state index contributed by atoms with van der Waals surface area (Å²) < 4.78 is 32.2. The fourth-order valence-corrected chi connectivity index (χ4v) is 4.53. The summed E-state index contributed by atoms with van der Waals surface area (Å²) in [5.41, 5.74) is 0. The number of piperazine rings is 1. The van der Waals surface area contributed by atoms with Crippen LogP contribution in [0.5, 0.6) is 0 Å². The highest BCUT2D eigenvalue weighted by atomic mass is 35.5. The molecule has 0 saturated carbocycles. The Labute approximate surface area is 156 Å². The molecule has 8 nitrogen and oxygen atoms in total. The van der Waals surface area contributed by atoms with Crippen LogP contribution in [0.3, 0.4) is 0 Å². The monoisotopic (exact) mass is 398 g/mol. The number of aromatic nitrogens is 2. The Kier molecular flexibility index (Phi) is 5.31. The molecule has 10 heteroatoms. The number of hydrogen-bond acceptors (Lipinski definition) is 6. The van der Waals surface area contributed by atoms with Crippen LogP contribution in [0.2, 0.25) is 5.02 Å². The molecule has 0 radical (unpaired) electrons.